The van der Waals surface area contributed by atoms with Crippen molar-refractivity contribution in [3.8, 4) is 5.75 Å². The zero-order chi connectivity index (χ0) is 27.7. The van der Waals surface area contributed by atoms with Crippen molar-refractivity contribution in [2.75, 3.05) is 4.90 Å². The smallest absolute Gasteiger partial charge is 0.301 e. The van der Waals surface area contributed by atoms with E-state index >= 15 is 0 Å². The van der Waals surface area contributed by atoms with E-state index in [-0.39, 0.29) is 11.3 Å². The van der Waals surface area contributed by atoms with Crippen LogP contribution in [0.3, 0.4) is 0 Å². The highest BCUT2D eigenvalue weighted by Gasteiger charge is 2.48. The summed E-state index contributed by atoms with van der Waals surface area (Å²) < 4.78 is 5.90. The average molecular weight is 540 g/mol. The number of benzene rings is 3. The highest BCUT2D eigenvalue weighted by molar-refractivity contribution is 7.15. The van der Waals surface area contributed by atoms with Crippen LogP contribution in [0.25, 0.3) is 5.76 Å². The fourth-order valence-electron chi connectivity index (χ4n) is 4.63. The van der Waals surface area contributed by atoms with Gasteiger partial charge < -0.3 is 9.84 Å². The minimum atomic E-state index is -0.837. The molecule has 8 heteroatoms. The topological polar surface area (TPSA) is 92.6 Å². The van der Waals surface area contributed by atoms with Gasteiger partial charge in [0.05, 0.1) is 11.6 Å². The van der Waals surface area contributed by atoms with Gasteiger partial charge in [0, 0.05) is 5.56 Å². The van der Waals surface area contributed by atoms with Gasteiger partial charge in [0.15, 0.2) is 0 Å². The van der Waals surface area contributed by atoms with Crippen LogP contribution in [-0.2, 0) is 16.2 Å². The maximum atomic E-state index is 13.3. The van der Waals surface area contributed by atoms with E-state index in [1.54, 1.807) is 31.2 Å². The molecule has 198 valence electrons. The molecule has 0 saturated carbocycles. The summed E-state index contributed by atoms with van der Waals surface area (Å²) in [5, 5.41) is 20.5. The Hall–Kier alpha value is -4.30. The van der Waals surface area contributed by atoms with Crippen molar-refractivity contribution < 1.29 is 19.4 Å². The maximum absolute atomic E-state index is 13.3. The van der Waals surface area contributed by atoms with Gasteiger partial charge in [-0.3, -0.25) is 14.5 Å². The Morgan fingerprint density at radius 1 is 1.00 bits per heavy atom. The molecule has 1 atom stereocenters. The van der Waals surface area contributed by atoms with Gasteiger partial charge in [-0.15, -0.1) is 10.2 Å². The van der Waals surface area contributed by atoms with E-state index in [1.807, 2.05) is 49.4 Å². The lowest BCUT2D eigenvalue weighted by atomic mass is 9.93. The van der Waals surface area contributed by atoms with Crippen LogP contribution in [-0.4, -0.2) is 27.0 Å². The Balaban J connectivity index is 1.50. The van der Waals surface area contributed by atoms with Crippen molar-refractivity contribution in [1.82, 2.24) is 10.2 Å². The van der Waals surface area contributed by atoms with Crippen LogP contribution in [0.2, 0.25) is 0 Å². The fourth-order valence-corrected chi connectivity index (χ4v) is 5.34. The third-order valence-electron chi connectivity index (χ3n) is 6.70. The number of nitrogens with zero attached hydrogens (tertiary/aromatic N) is 3. The molecule has 1 unspecified atom stereocenters. The summed E-state index contributed by atoms with van der Waals surface area (Å²) in [5.41, 5.74) is 4.46. The lowest BCUT2D eigenvalue weighted by Crippen LogP contribution is -2.29. The zero-order valence-corrected chi connectivity index (χ0v) is 23.0. The first-order valence-corrected chi connectivity index (χ1v) is 13.5. The standard InChI is InChI=1S/C31H29N3O4S/c1-18(2)22-8-10-23(11-9-22)27-26(29(36)30(37)34(27)31-33-32-20(4)39-31)28(35)24-12-14-25(15-13-24)38-17-21-7-5-6-19(3)16-21/h5-16,18,27,35H,17H2,1-4H3/b28-26-. The van der Waals surface area contributed by atoms with Gasteiger partial charge in [0.1, 0.15) is 23.1 Å². The minimum Gasteiger partial charge on any atom is -0.507 e. The molecule has 39 heavy (non-hydrogen) atoms. The zero-order valence-electron chi connectivity index (χ0n) is 22.2. The molecule has 1 aromatic heterocycles. The molecule has 1 amide bonds. The number of rotatable bonds is 7. The second-order valence-corrected chi connectivity index (χ2v) is 11.1. The van der Waals surface area contributed by atoms with Crippen LogP contribution >= 0.6 is 11.3 Å². The summed E-state index contributed by atoms with van der Waals surface area (Å²) in [6.07, 6.45) is 0. The Labute approximate surface area is 231 Å². The summed E-state index contributed by atoms with van der Waals surface area (Å²) in [6, 6.07) is 21.8. The molecule has 0 spiro atoms. The van der Waals surface area contributed by atoms with E-state index in [2.05, 4.69) is 30.1 Å². The molecule has 1 aliphatic heterocycles. The summed E-state index contributed by atoms with van der Waals surface area (Å²) in [4.78, 5) is 27.9. The highest BCUT2D eigenvalue weighted by Crippen LogP contribution is 2.43. The Bertz CT molecular complexity index is 1560. The van der Waals surface area contributed by atoms with Gasteiger partial charge in [0.25, 0.3) is 5.78 Å². The molecule has 5 rings (SSSR count). The molecular weight excluding hydrogens is 510 g/mol. The SMILES string of the molecule is Cc1cccc(COc2ccc(/C(O)=C3/C(=O)C(=O)N(c4nnc(C)s4)C3c3ccc(C(C)C)cc3)cc2)c1. The number of hydrogen-bond acceptors (Lipinski definition) is 7. The van der Waals surface area contributed by atoms with Crippen LogP contribution in [0.4, 0.5) is 5.13 Å². The van der Waals surface area contributed by atoms with Gasteiger partial charge >= 0.3 is 5.91 Å². The number of aliphatic hydroxyl groups is 1. The first kappa shape index (κ1) is 26.3. The van der Waals surface area contributed by atoms with Crippen LogP contribution in [0.15, 0.2) is 78.4 Å². The number of aromatic nitrogens is 2. The Morgan fingerprint density at radius 3 is 2.33 bits per heavy atom. The van der Waals surface area contributed by atoms with Gasteiger partial charge in [-0.25, -0.2) is 0 Å². The predicted molar refractivity (Wildman–Crippen MR) is 152 cm³/mol. The first-order valence-electron chi connectivity index (χ1n) is 12.7. The summed E-state index contributed by atoms with van der Waals surface area (Å²) in [5.74, 6) is -0.816. The van der Waals surface area contributed by atoms with Crippen molar-refractivity contribution in [2.24, 2.45) is 0 Å². The molecule has 3 aromatic carbocycles. The third kappa shape index (κ3) is 5.33. The number of ether oxygens (including phenoxy) is 1. The number of ketones is 1. The molecule has 1 aliphatic rings. The number of carbonyl (C=O) groups excluding carboxylic acids is 2. The van der Waals surface area contributed by atoms with Crippen molar-refractivity contribution in [3.05, 3.63) is 111 Å². The third-order valence-corrected chi connectivity index (χ3v) is 7.54. The quantitative estimate of drug-likeness (QED) is 0.164. The lowest BCUT2D eigenvalue weighted by molar-refractivity contribution is -0.132. The Morgan fingerprint density at radius 2 is 1.72 bits per heavy atom. The molecule has 0 radical (unpaired) electrons. The number of hydrogen-bond donors (Lipinski definition) is 1. The predicted octanol–water partition coefficient (Wildman–Crippen LogP) is 6.48. The molecule has 7 nitrogen and oxygen atoms in total. The second kappa shape index (κ2) is 10.8. The average Bonchev–Trinajstić information content (AvgIpc) is 3.47. The van der Waals surface area contributed by atoms with Crippen molar-refractivity contribution >= 4 is 33.9 Å². The first-order chi connectivity index (χ1) is 18.7. The Kier molecular flexibility index (Phi) is 7.30. The van der Waals surface area contributed by atoms with E-state index in [0.717, 1.165) is 16.7 Å². The summed E-state index contributed by atoms with van der Waals surface area (Å²) in [6.45, 7) is 8.42. The molecule has 1 saturated heterocycles. The minimum absolute atomic E-state index is 0.0126. The van der Waals surface area contributed by atoms with Gasteiger partial charge in [-0.2, -0.15) is 0 Å². The molecule has 2 heterocycles. The van der Waals surface area contributed by atoms with Crippen molar-refractivity contribution in [3.63, 3.8) is 0 Å². The molecule has 0 bridgehead atoms. The largest absolute Gasteiger partial charge is 0.507 e. The van der Waals surface area contributed by atoms with Crippen molar-refractivity contribution in [1.29, 1.82) is 0 Å². The number of aryl methyl sites for hydroxylation is 2. The molecule has 4 aromatic rings. The van der Waals surface area contributed by atoms with E-state index in [9.17, 15) is 14.7 Å². The number of carbonyl (C=O) groups is 2. The van der Waals surface area contributed by atoms with Gasteiger partial charge in [0.2, 0.25) is 5.13 Å². The van der Waals surface area contributed by atoms with E-state index < -0.39 is 17.7 Å². The molecule has 1 N–H and O–H groups in total. The van der Waals surface area contributed by atoms with E-state index in [4.69, 9.17) is 4.74 Å². The van der Waals surface area contributed by atoms with Crippen LogP contribution in [0.5, 0.6) is 5.75 Å². The highest BCUT2D eigenvalue weighted by atomic mass is 32.1. The molecule has 0 aliphatic carbocycles. The van der Waals surface area contributed by atoms with E-state index in [1.165, 1.54) is 16.2 Å². The number of aliphatic hydroxyl groups excluding tert-OH is 1. The summed E-state index contributed by atoms with van der Waals surface area (Å²) in [7, 11) is 0. The lowest BCUT2D eigenvalue weighted by Gasteiger charge is -2.23. The second-order valence-electron chi connectivity index (χ2n) is 9.90. The number of anilines is 1. The van der Waals surface area contributed by atoms with Gasteiger partial charge in [-0.1, -0.05) is 79.3 Å². The number of amides is 1. The van der Waals surface area contributed by atoms with Crippen LogP contribution in [0.1, 0.15) is 58.6 Å². The summed E-state index contributed by atoms with van der Waals surface area (Å²) >= 11 is 1.22. The molecular formula is C31H29N3O4S. The van der Waals surface area contributed by atoms with Gasteiger partial charge in [-0.05, 0) is 60.7 Å². The van der Waals surface area contributed by atoms with Crippen molar-refractivity contribution in [2.45, 2.75) is 46.3 Å². The molecule has 1 fully saturated rings. The maximum Gasteiger partial charge on any atom is 0.301 e. The normalized spacial score (nSPS) is 16.7. The fraction of sp³-hybridized carbons (Fsp3) is 0.226. The monoisotopic (exact) mass is 539 g/mol. The van der Waals surface area contributed by atoms with Crippen LogP contribution in [0, 0.1) is 13.8 Å². The van der Waals surface area contributed by atoms with Crippen LogP contribution < -0.4 is 9.64 Å². The number of Topliss-reactive ketones (excluding diaryl/α,β-unsaturated/α-hetero) is 1. The van der Waals surface area contributed by atoms with E-state index in [0.29, 0.717) is 39.5 Å².